The van der Waals surface area contributed by atoms with Crippen molar-refractivity contribution in [1.82, 2.24) is 0 Å². The lowest BCUT2D eigenvalue weighted by Gasteiger charge is -2.07. The van der Waals surface area contributed by atoms with Crippen molar-refractivity contribution in [3.8, 4) is 11.5 Å². The first kappa shape index (κ1) is 15.0. The van der Waals surface area contributed by atoms with Gasteiger partial charge in [-0.25, -0.2) is 4.79 Å². The van der Waals surface area contributed by atoms with Gasteiger partial charge in [0.25, 0.3) is 0 Å². The van der Waals surface area contributed by atoms with Crippen molar-refractivity contribution >= 4 is 19.6 Å². The monoisotopic (exact) mass is 270 g/mol. The van der Waals surface area contributed by atoms with E-state index >= 15 is 0 Å². The van der Waals surface area contributed by atoms with Crippen molar-refractivity contribution in [3.05, 3.63) is 47.7 Å². The Labute approximate surface area is 115 Å². The number of carbonyl (C=O) groups excluding carboxylic acids is 1. The van der Waals surface area contributed by atoms with Crippen LogP contribution in [0, 0.1) is 11.5 Å². The highest BCUT2D eigenvalue weighted by Crippen LogP contribution is 2.19. The van der Waals surface area contributed by atoms with Crippen LogP contribution in [-0.4, -0.2) is 21.2 Å². The number of methoxy groups -OCH3 is 1. The van der Waals surface area contributed by atoms with Gasteiger partial charge in [-0.3, -0.25) is 0 Å². The van der Waals surface area contributed by atoms with Gasteiger partial charge in [-0.2, -0.15) is 0 Å². The molecule has 0 amide bonds. The van der Waals surface area contributed by atoms with E-state index in [9.17, 15) is 4.79 Å². The van der Waals surface area contributed by atoms with Crippen LogP contribution < -0.4 is 0 Å². The Morgan fingerprint density at radius 2 is 1.89 bits per heavy atom. The molecule has 0 atom stereocenters. The summed E-state index contributed by atoms with van der Waals surface area (Å²) in [4.78, 5) is 11.7. The van der Waals surface area contributed by atoms with E-state index in [0.29, 0.717) is 5.57 Å². The van der Waals surface area contributed by atoms with Gasteiger partial charge in [-0.1, -0.05) is 50.3 Å². The topological polar surface area (TPSA) is 26.3 Å². The summed E-state index contributed by atoms with van der Waals surface area (Å²) in [5, 5.41) is 0. The van der Waals surface area contributed by atoms with Crippen LogP contribution in [-0.2, 0) is 9.53 Å². The van der Waals surface area contributed by atoms with E-state index in [1.807, 2.05) is 24.3 Å². The average molecular weight is 270 g/mol. The molecule has 2 nitrogen and oxygen atoms in total. The molecule has 0 saturated heterocycles. The molecule has 0 aromatic heterocycles. The maximum absolute atomic E-state index is 11.7. The maximum atomic E-state index is 11.7. The normalized spacial score (nSPS) is 9.89. The predicted molar refractivity (Wildman–Crippen MR) is 81.2 cm³/mol. The molecule has 0 aliphatic heterocycles. The third-order valence-corrected chi connectivity index (χ3v) is 3.21. The third kappa shape index (κ3) is 4.29. The van der Waals surface area contributed by atoms with Crippen molar-refractivity contribution in [3.63, 3.8) is 0 Å². The van der Waals surface area contributed by atoms with Crippen LogP contribution in [0.1, 0.15) is 11.1 Å². The molecule has 0 unspecified atom stereocenters. The van der Waals surface area contributed by atoms with Gasteiger partial charge in [-0.15, -0.1) is 11.3 Å². The SMILES string of the molecule is C=C=C(C(=O)OC)c1ccccc1C#C[Si](C)(C)C. The van der Waals surface area contributed by atoms with Crippen molar-refractivity contribution in [2.75, 3.05) is 7.11 Å². The maximum Gasteiger partial charge on any atom is 0.346 e. The zero-order chi connectivity index (χ0) is 14.5. The highest BCUT2D eigenvalue weighted by Gasteiger charge is 2.15. The van der Waals surface area contributed by atoms with Crippen molar-refractivity contribution < 1.29 is 9.53 Å². The fourth-order valence-electron chi connectivity index (χ4n) is 1.44. The quantitative estimate of drug-likeness (QED) is 0.271. The Hall–Kier alpha value is -2.01. The summed E-state index contributed by atoms with van der Waals surface area (Å²) < 4.78 is 4.74. The predicted octanol–water partition coefficient (Wildman–Crippen LogP) is 3.26. The molecule has 1 aromatic rings. The Kier molecular flexibility index (Phi) is 4.94. The van der Waals surface area contributed by atoms with Gasteiger partial charge >= 0.3 is 5.97 Å². The minimum absolute atomic E-state index is 0.322. The van der Waals surface area contributed by atoms with Crippen LogP contribution in [0.2, 0.25) is 19.6 Å². The average Bonchev–Trinajstić information content (AvgIpc) is 2.37. The van der Waals surface area contributed by atoms with Crippen LogP contribution in [0.4, 0.5) is 0 Å². The van der Waals surface area contributed by atoms with E-state index < -0.39 is 14.0 Å². The minimum Gasteiger partial charge on any atom is -0.465 e. The van der Waals surface area contributed by atoms with Crippen LogP contribution in [0.3, 0.4) is 0 Å². The molecule has 0 radical (unpaired) electrons. The lowest BCUT2D eigenvalue weighted by Crippen LogP contribution is -2.16. The smallest absolute Gasteiger partial charge is 0.346 e. The Bertz CT molecular complexity index is 591. The van der Waals surface area contributed by atoms with Crippen LogP contribution in [0.15, 0.2) is 36.6 Å². The Balaban J connectivity index is 3.34. The standard InChI is InChI=1S/C16H18O2Si/c1-6-14(16(17)18-2)15-10-8-7-9-13(15)11-12-19(3,4)5/h7-10H,1H2,2-5H3. The number of hydrogen-bond donors (Lipinski definition) is 0. The number of ether oxygens (including phenoxy) is 1. The lowest BCUT2D eigenvalue weighted by molar-refractivity contribution is -0.133. The number of carbonyl (C=O) groups is 1. The summed E-state index contributed by atoms with van der Waals surface area (Å²) in [7, 11) is -0.123. The van der Waals surface area contributed by atoms with Crippen molar-refractivity contribution in [2.45, 2.75) is 19.6 Å². The fourth-order valence-corrected chi connectivity index (χ4v) is 1.95. The highest BCUT2D eigenvalue weighted by molar-refractivity contribution is 6.83. The summed E-state index contributed by atoms with van der Waals surface area (Å²) in [5.74, 6) is 2.72. The summed E-state index contributed by atoms with van der Waals surface area (Å²) in [6.45, 7) is 10.1. The van der Waals surface area contributed by atoms with E-state index in [4.69, 9.17) is 4.74 Å². The first-order valence-corrected chi connectivity index (χ1v) is 9.50. The second-order valence-corrected chi connectivity index (χ2v) is 9.84. The summed E-state index contributed by atoms with van der Waals surface area (Å²) in [5.41, 5.74) is 7.78. The van der Waals surface area contributed by atoms with Crippen LogP contribution in [0.5, 0.6) is 0 Å². The van der Waals surface area contributed by atoms with Gasteiger partial charge in [-0.05, 0) is 6.07 Å². The highest BCUT2D eigenvalue weighted by atomic mass is 28.3. The summed E-state index contributed by atoms with van der Waals surface area (Å²) >= 11 is 0. The first-order chi connectivity index (χ1) is 8.89. The van der Waals surface area contributed by atoms with E-state index in [2.05, 4.69) is 43.4 Å². The molecule has 3 heteroatoms. The molecule has 0 aliphatic carbocycles. The molecule has 0 aliphatic rings. The van der Waals surface area contributed by atoms with E-state index in [1.54, 1.807) is 0 Å². The van der Waals surface area contributed by atoms with Crippen LogP contribution >= 0.6 is 0 Å². The molecule has 19 heavy (non-hydrogen) atoms. The summed E-state index contributed by atoms with van der Waals surface area (Å²) in [6, 6.07) is 7.48. The molecular formula is C16H18O2Si. The van der Waals surface area contributed by atoms with Gasteiger partial charge < -0.3 is 4.74 Å². The molecule has 0 fully saturated rings. The van der Waals surface area contributed by atoms with Crippen molar-refractivity contribution in [2.24, 2.45) is 0 Å². The lowest BCUT2D eigenvalue weighted by atomic mass is 10.0. The number of hydrogen-bond acceptors (Lipinski definition) is 2. The number of esters is 1. The molecule has 98 valence electrons. The van der Waals surface area contributed by atoms with Crippen molar-refractivity contribution in [1.29, 1.82) is 0 Å². The summed E-state index contributed by atoms with van der Waals surface area (Å²) in [6.07, 6.45) is 0. The van der Waals surface area contributed by atoms with Gasteiger partial charge in [0.1, 0.15) is 13.6 Å². The molecule has 0 N–H and O–H groups in total. The number of rotatable bonds is 2. The minimum atomic E-state index is -1.47. The zero-order valence-corrected chi connectivity index (χ0v) is 12.8. The second kappa shape index (κ2) is 6.24. The zero-order valence-electron chi connectivity index (χ0n) is 11.8. The van der Waals surface area contributed by atoms with Gasteiger partial charge in [0.05, 0.1) is 7.11 Å². The molecular weight excluding hydrogens is 252 g/mol. The number of benzene rings is 1. The molecule has 0 heterocycles. The molecule has 1 aromatic carbocycles. The largest absolute Gasteiger partial charge is 0.465 e. The fraction of sp³-hybridized carbons (Fsp3) is 0.250. The van der Waals surface area contributed by atoms with E-state index in [0.717, 1.165) is 11.1 Å². The van der Waals surface area contributed by atoms with Gasteiger partial charge in [0.2, 0.25) is 0 Å². The molecule has 0 spiro atoms. The van der Waals surface area contributed by atoms with E-state index in [1.165, 1.54) is 7.11 Å². The Morgan fingerprint density at radius 1 is 1.26 bits per heavy atom. The second-order valence-electron chi connectivity index (χ2n) is 5.09. The van der Waals surface area contributed by atoms with Gasteiger partial charge in [0, 0.05) is 11.1 Å². The van der Waals surface area contributed by atoms with Gasteiger partial charge in [0.15, 0.2) is 0 Å². The Morgan fingerprint density at radius 3 is 2.42 bits per heavy atom. The first-order valence-electron chi connectivity index (χ1n) is 6.00. The molecule has 0 saturated carbocycles. The molecule has 0 bridgehead atoms. The van der Waals surface area contributed by atoms with Crippen LogP contribution in [0.25, 0.3) is 5.57 Å². The van der Waals surface area contributed by atoms with E-state index in [-0.39, 0.29) is 0 Å². The molecule has 1 rings (SSSR count). The third-order valence-electron chi connectivity index (χ3n) is 2.33.